The van der Waals surface area contributed by atoms with Crippen molar-refractivity contribution in [1.82, 2.24) is 4.57 Å². The van der Waals surface area contributed by atoms with Crippen molar-refractivity contribution >= 4 is 0 Å². The first-order valence-electron chi connectivity index (χ1n) is 2.56. The minimum absolute atomic E-state index is 0.197. The zero-order valence-electron chi connectivity index (χ0n) is 4.54. The predicted molar refractivity (Wildman–Crippen MR) is 30.4 cm³/mol. The van der Waals surface area contributed by atoms with Crippen LogP contribution in [-0.4, -0.2) is 16.3 Å². The Labute approximate surface area is 48.4 Å². The molecule has 0 saturated heterocycles. The standard InChI is InChI=1S/C6H8NO/c8-6-5-7-3-1-2-4-7/h1,3-4,8H,5-6H2. The maximum Gasteiger partial charge on any atom is 0.0610 e. The van der Waals surface area contributed by atoms with Gasteiger partial charge in [0.2, 0.25) is 0 Å². The van der Waals surface area contributed by atoms with E-state index in [0.717, 1.165) is 0 Å². The van der Waals surface area contributed by atoms with Crippen LogP contribution in [0.15, 0.2) is 18.5 Å². The van der Waals surface area contributed by atoms with E-state index in [-0.39, 0.29) is 6.61 Å². The summed E-state index contributed by atoms with van der Waals surface area (Å²) in [7, 11) is 0. The normalized spacial score (nSPS) is 9.62. The summed E-state index contributed by atoms with van der Waals surface area (Å²) in [5, 5.41) is 8.40. The van der Waals surface area contributed by atoms with E-state index in [9.17, 15) is 0 Å². The fourth-order valence-electron chi connectivity index (χ4n) is 0.575. The lowest BCUT2D eigenvalue weighted by Crippen LogP contribution is -1.97. The van der Waals surface area contributed by atoms with Gasteiger partial charge in [0.25, 0.3) is 0 Å². The minimum atomic E-state index is 0.197. The first-order valence-corrected chi connectivity index (χ1v) is 2.56. The zero-order chi connectivity index (χ0) is 5.82. The van der Waals surface area contributed by atoms with Gasteiger partial charge in [-0.25, -0.2) is 0 Å². The Morgan fingerprint density at radius 2 is 2.50 bits per heavy atom. The van der Waals surface area contributed by atoms with Gasteiger partial charge < -0.3 is 9.67 Å². The Morgan fingerprint density at radius 1 is 1.62 bits per heavy atom. The van der Waals surface area contributed by atoms with E-state index >= 15 is 0 Å². The zero-order valence-corrected chi connectivity index (χ0v) is 4.54. The maximum atomic E-state index is 8.40. The van der Waals surface area contributed by atoms with Crippen molar-refractivity contribution in [2.45, 2.75) is 6.54 Å². The van der Waals surface area contributed by atoms with E-state index < -0.39 is 0 Å². The Morgan fingerprint density at radius 3 is 3.00 bits per heavy atom. The molecule has 0 fully saturated rings. The van der Waals surface area contributed by atoms with Gasteiger partial charge in [-0.15, -0.1) is 0 Å². The van der Waals surface area contributed by atoms with E-state index in [1.807, 2.05) is 16.8 Å². The molecule has 0 spiro atoms. The Balaban J connectivity index is 2.50. The summed E-state index contributed by atoms with van der Waals surface area (Å²) in [6.45, 7) is 0.867. The lowest BCUT2D eigenvalue weighted by molar-refractivity contribution is 0.276. The molecule has 0 unspecified atom stereocenters. The van der Waals surface area contributed by atoms with Gasteiger partial charge in [-0.3, -0.25) is 0 Å². The van der Waals surface area contributed by atoms with Gasteiger partial charge >= 0.3 is 0 Å². The number of rotatable bonds is 2. The highest BCUT2D eigenvalue weighted by atomic mass is 16.3. The molecule has 2 nitrogen and oxygen atoms in total. The molecule has 0 aliphatic heterocycles. The highest BCUT2D eigenvalue weighted by Gasteiger charge is 1.82. The summed E-state index contributed by atoms with van der Waals surface area (Å²) < 4.78 is 1.88. The first-order chi connectivity index (χ1) is 3.93. The van der Waals surface area contributed by atoms with Crippen LogP contribution in [0.4, 0.5) is 0 Å². The predicted octanol–water partition coefficient (Wildman–Crippen LogP) is 0.281. The van der Waals surface area contributed by atoms with Crippen molar-refractivity contribution in [1.29, 1.82) is 0 Å². The quantitative estimate of drug-likeness (QED) is 0.581. The first kappa shape index (κ1) is 5.38. The molecule has 1 aromatic heterocycles. The second-order valence-electron chi connectivity index (χ2n) is 1.57. The summed E-state index contributed by atoms with van der Waals surface area (Å²) in [6, 6.07) is 4.68. The van der Waals surface area contributed by atoms with Crippen LogP contribution in [0.2, 0.25) is 0 Å². The van der Waals surface area contributed by atoms with Crippen LogP contribution in [0.25, 0.3) is 0 Å². The third-order valence-corrected chi connectivity index (χ3v) is 0.961. The lowest BCUT2D eigenvalue weighted by Gasteiger charge is -1.94. The summed E-state index contributed by atoms with van der Waals surface area (Å²) in [5.41, 5.74) is 0. The van der Waals surface area contributed by atoms with Gasteiger partial charge in [0.1, 0.15) is 0 Å². The van der Waals surface area contributed by atoms with Crippen LogP contribution in [0.1, 0.15) is 0 Å². The maximum absolute atomic E-state index is 8.40. The topological polar surface area (TPSA) is 25.2 Å². The van der Waals surface area contributed by atoms with Gasteiger partial charge in [-0.1, -0.05) is 0 Å². The van der Waals surface area contributed by atoms with Crippen molar-refractivity contribution in [2.75, 3.05) is 6.61 Å². The fourth-order valence-corrected chi connectivity index (χ4v) is 0.575. The van der Waals surface area contributed by atoms with E-state index in [1.54, 1.807) is 6.20 Å². The summed E-state index contributed by atoms with van der Waals surface area (Å²) in [5.74, 6) is 0. The van der Waals surface area contributed by atoms with Crippen LogP contribution < -0.4 is 0 Å². The fraction of sp³-hybridized carbons (Fsp3) is 0.333. The Kier molecular flexibility index (Phi) is 1.70. The number of aromatic nitrogens is 1. The van der Waals surface area contributed by atoms with E-state index in [1.165, 1.54) is 0 Å². The largest absolute Gasteiger partial charge is 0.395 e. The summed E-state index contributed by atoms with van der Waals surface area (Å²) in [4.78, 5) is 0. The average Bonchev–Trinajstić information content (AvgIpc) is 2.19. The smallest absolute Gasteiger partial charge is 0.0610 e. The number of aliphatic hydroxyl groups excluding tert-OH is 1. The minimum Gasteiger partial charge on any atom is -0.395 e. The second kappa shape index (κ2) is 2.52. The molecule has 1 radical (unpaired) electrons. The molecule has 1 rings (SSSR count). The molecular weight excluding hydrogens is 102 g/mol. The van der Waals surface area contributed by atoms with Gasteiger partial charge in [0.15, 0.2) is 0 Å². The van der Waals surface area contributed by atoms with Crippen LogP contribution in [0.3, 0.4) is 0 Å². The summed E-state index contributed by atoms with van der Waals surface area (Å²) in [6.07, 6.45) is 3.67. The molecule has 1 N–H and O–H groups in total. The third-order valence-electron chi connectivity index (χ3n) is 0.961. The number of hydrogen-bond donors (Lipinski definition) is 1. The monoisotopic (exact) mass is 110 g/mol. The molecule has 0 aliphatic carbocycles. The Bertz CT molecular complexity index is 134. The molecule has 8 heavy (non-hydrogen) atoms. The molecule has 0 bridgehead atoms. The highest BCUT2D eigenvalue weighted by Crippen LogP contribution is 1.85. The molecule has 2 heteroatoms. The third kappa shape index (κ3) is 1.10. The van der Waals surface area contributed by atoms with Gasteiger partial charge in [0.05, 0.1) is 6.61 Å². The molecule has 0 atom stereocenters. The molecule has 1 heterocycles. The molecule has 0 saturated carbocycles. The highest BCUT2D eigenvalue weighted by molar-refractivity contribution is 4.87. The SMILES string of the molecule is OCCn1c[c]cc1. The van der Waals surface area contributed by atoms with Gasteiger partial charge in [0, 0.05) is 25.0 Å². The van der Waals surface area contributed by atoms with Crippen LogP contribution in [0, 0.1) is 6.07 Å². The number of aliphatic hydroxyl groups is 1. The number of nitrogens with zero attached hydrogens (tertiary/aromatic N) is 1. The molecule has 43 valence electrons. The van der Waals surface area contributed by atoms with Crippen LogP contribution in [0.5, 0.6) is 0 Å². The molecular formula is C6H8NO. The van der Waals surface area contributed by atoms with Crippen molar-refractivity contribution in [2.24, 2.45) is 0 Å². The van der Waals surface area contributed by atoms with Gasteiger partial charge in [-0.2, -0.15) is 0 Å². The summed E-state index contributed by atoms with van der Waals surface area (Å²) >= 11 is 0. The van der Waals surface area contributed by atoms with Gasteiger partial charge in [-0.05, 0) is 6.07 Å². The van der Waals surface area contributed by atoms with Crippen LogP contribution in [-0.2, 0) is 6.54 Å². The molecule has 0 aromatic carbocycles. The van der Waals surface area contributed by atoms with Crippen molar-refractivity contribution < 1.29 is 5.11 Å². The molecule has 0 amide bonds. The molecule has 0 aliphatic rings. The van der Waals surface area contributed by atoms with E-state index in [4.69, 9.17) is 5.11 Å². The van der Waals surface area contributed by atoms with Crippen LogP contribution >= 0.6 is 0 Å². The molecule has 1 aromatic rings. The van der Waals surface area contributed by atoms with Crippen molar-refractivity contribution in [3.05, 3.63) is 24.5 Å². The average molecular weight is 110 g/mol. The van der Waals surface area contributed by atoms with Crippen molar-refractivity contribution in [3.8, 4) is 0 Å². The Hall–Kier alpha value is -0.760. The van der Waals surface area contributed by atoms with Crippen molar-refractivity contribution in [3.63, 3.8) is 0 Å². The number of hydrogen-bond acceptors (Lipinski definition) is 1. The van der Waals surface area contributed by atoms with E-state index in [2.05, 4.69) is 6.07 Å². The second-order valence-corrected chi connectivity index (χ2v) is 1.57. The lowest BCUT2D eigenvalue weighted by atomic mass is 10.7. The van der Waals surface area contributed by atoms with E-state index in [0.29, 0.717) is 6.54 Å².